The molecular formula is C21H20F3NO9S. The number of aliphatic hydroxyl groups excluding tert-OH is 4. The summed E-state index contributed by atoms with van der Waals surface area (Å²) < 4.78 is 69.0. The second-order valence-electron chi connectivity index (χ2n) is 7.75. The number of aliphatic hydroxyl groups is 5. The maximum absolute atomic E-state index is 12.5. The molecule has 1 heterocycles. The first kappa shape index (κ1) is 26.8. The normalized spacial score (nSPS) is 27.3. The third-order valence-corrected chi connectivity index (χ3v) is 6.39. The Hall–Kier alpha value is -2.77. The van der Waals surface area contributed by atoms with Gasteiger partial charge in [0.25, 0.3) is 0 Å². The van der Waals surface area contributed by atoms with Gasteiger partial charge in [-0.05, 0) is 41.8 Å². The molecule has 0 bridgehead atoms. The standard InChI is InChI=1S/C21H20F3NO9S/c22-21(23,24)35(31,32)34-15-5-1-11(2-6-15)7-13-8-14(4-3-12(13)9-25)20(30)19(29)18(28)17(27)16(10-26)33-20/h1-6,8,16-19,26-30H,7,10H2/t16-,17-,18+,19-,20-/m1/s1. The van der Waals surface area contributed by atoms with Crippen LogP contribution in [0, 0.1) is 11.3 Å². The molecule has 0 aliphatic carbocycles. The van der Waals surface area contributed by atoms with Gasteiger partial charge in [0.15, 0.2) is 0 Å². The van der Waals surface area contributed by atoms with Crippen molar-refractivity contribution >= 4 is 10.1 Å². The van der Waals surface area contributed by atoms with Gasteiger partial charge < -0.3 is 34.5 Å². The van der Waals surface area contributed by atoms with Crippen LogP contribution in [-0.2, 0) is 27.1 Å². The number of hydrogen-bond acceptors (Lipinski definition) is 10. The molecule has 2 aromatic carbocycles. The van der Waals surface area contributed by atoms with E-state index < -0.39 is 58.2 Å². The Labute approximate surface area is 197 Å². The quantitative estimate of drug-likeness (QED) is 0.258. The van der Waals surface area contributed by atoms with Crippen LogP contribution in [0.2, 0.25) is 0 Å². The fraction of sp³-hybridized carbons (Fsp3) is 0.381. The van der Waals surface area contributed by atoms with Gasteiger partial charge in [0.05, 0.1) is 18.2 Å². The molecule has 0 spiro atoms. The van der Waals surface area contributed by atoms with Crippen LogP contribution in [0.4, 0.5) is 13.2 Å². The van der Waals surface area contributed by atoms with Crippen LogP contribution < -0.4 is 4.18 Å². The molecule has 35 heavy (non-hydrogen) atoms. The maximum atomic E-state index is 12.5. The van der Waals surface area contributed by atoms with Gasteiger partial charge in [0.1, 0.15) is 30.2 Å². The maximum Gasteiger partial charge on any atom is 0.534 e. The molecule has 14 heteroatoms. The van der Waals surface area contributed by atoms with Crippen molar-refractivity contribution in [1.82, 2.24) is 0 Å². The topological polar surface area (TPSA) is 178 Å². The van der Waals surface area contributed by atoms with Gasteiger partial charge in [0, 0.05) is 5.56 Å². The summed E-state index contributed by atoms with van der Waals surface area (Å²) in [7, 11) is -5.84. The molecule has 1 aliphatic rings. The van der Waals surface area contributed by atoms with Crippen LogP contribution in [-0.4, -0.2) is 70.5 Å². The second-order valence-corrected chi connectivity index (χ2v) is 9.29. The van der Waals surface area contributed by atoms with Gasteiger partial charge in [0.2, 0.25) is 5.79 Å². The predicted octanol–water partition coefficient (Wildman–Crippen LogP) is -0.00362. The number of halogens is 3. The number of nitriles is 1. The van der Waals surface area contributed by atoms with Gasteiger partial charge >= 0.3 is 15.6 Å². The van der Waals surface area contributed by atoms with Gasteiger partial charge in [-0.15, -0.1) is 0 Å². The number of hydrogen-bond donors (Lipinski definition) is 5. The highest BCUT2D eigenvalue weighted by molar-refractivity contribution is 7.88. The average Bonchev–Trinajstić information content (AvgIpc) is 2.80. The molecule has 1 fully saturated rings. The molecule has 1 saturated heterocycles. The van der Waals surface area contributed by atoms with E-state index in [1.165, 1.54) is 30.3 Å². The Balaban J connectivity index is 1.90. The fourth-order valence-corrected chi connectivity index (χ4v) is 3.98. The van der Waals surface area contributed by atoms with Crippen molar-refractivity contribution < 1.29 is 56.0 Å². The summed E-state index contributed by atoms with van der Waals surface area (Å²) in [5.74, 6) is -3.14. The summed E-state index contributed by atoms with van der Waals surface area (Å²) >= 11 is 0. The minimum absolute atomic E-state index is 0.0240. The summed E-state index contributed by atoms with van der Waals surface area (Å²) in [5.41, 5.74) is -4.90. The lowest BCUT2D eigenvalue weighted by Crippen LogP contribution is -2.63. The molecule has 0 unspecified atom stereocenters. The Morgan fingerprint density at radius 3 is 2.26 bits per heavy atom. The number of nitrogens with zero attached hydrogens (tertiary/aromatic N) is 1. The molecule has 2 aromatic rings. The first-order valence-electron chi connectivity index (χ1n) is 9.92. The minimum Gasteiger partial charge on any atom is -0.394 e. The molecule has 5 N–H and O–H groups in total. The van der Waals surface area contributed by atoms with Crippen LogP contribution in [0.15, 0.2) is 42.5 Å². The average molecular weight is 519 g/mol. The zero-order chi connectivity index (χ0) is 26.2. The first-order valence-corrected chi connectivity index (χ1v) is 11.3. The molecule has 3 rings (SSSR count). The molecule has 190 valence electrons. The van der Waals surface area contributed by atoms with E-state index in [9.17, 15) is 52.4 Å². The van der Waals surface area contributed by atoms with E-state index >= 15 is 0 Å². The molecule has 0 amide bonds. The summed E-state index contributed by atoms with van der Waals surface area (Å²) in [6, 6.07) is 10.2. The zero-order valence-corrected chi connectivity index (χ0v) is 18.4. The Morgan fingerprint density at radius 2 is 1.71 bits per heavy atom. The second kappa shape index (κ2) is 9.70. The van der Waals surface area contributed by atoms with Crippen molar-refractivity contribution in [3.8, 4) is 11.8 Å². The molecule has 10 nitrogen and oxygen atoms in total. The molecule has 1 aliphatic heterocycles. The molecular weight excluding hydrogens is 499 g/mol. The Morgan fingerprint density at radius 1 is 1.09 bits per heavy atom. The lowest BCUT2D eigenvalue weighted by molar-refractivity contribution is -0.357. The van der Waals surface area contributed by atoms with Crippen molar-refractivity contribution in [1.29, 1.82) is 5.26 Å². The molecule has 0 aromatic heterocycles. The van der Waals surface area contributed by atoms with Crippen molar-refractivity contribution in [2.24, 2.45) is 0 Å². The number of ether oxygens (including phenoxy) is 1. The minimum atomic E-state index is -5.84. The molecule has 0 radical (unpaired) electrons. The number of benzene rings is 2. The highest BCUT2D eigenvalue weighted by atomic mass is 32.2. The van der Waals surface area contributed by atoms with E-state index in [1.54, 1.807) is 0 Å². The molecule has 0 saturated carbocycles. The predicted molar refractivity (Wildman–Crippen MR) is 110 cm³/mol. The van der Waals surface area contributed by atoms with Gasteiger partial charge in [-0.2, -0.15) is 26.9 Å². The van der Waals surface area contributed by atoms with E-state index in [0.29, 0.717) is 5.56 Å². The summed E-state index contributed by atoms with van der Waals surface area (Å²) in [5, 5.41) is 60.1. The number of alkyl halides is 3. The van der Waals surface area contributed by atoms with E-state index in [0.717, 1.165) is 12.1 Å². The Bertz CT molecular complexity index is 1210. The SMILES string of the molecule is N#Cc1ccc([C@@]2(O)O[C@H](CO)[C@@H](O)[C@H](O)[C@H]2O)cc1Cc1ccc(OS(=O)(=O)C(F)(F)F)cc1. The van der Waals surface area contributed by atoms with E-state index in [1.807, 2.05) is 6.07 Å². The lowest BCUT2D eigenvalue weighted by atomic mass is 9.86. The van der Waals surface area contributed by atoms with Crippen LogP contribution in [0.1, 0.15) is 22.3 Å². The fourth-order valence-electron chi connectivity index (χ4n) is 3.52. The van der Waals surface area contributed by atoms with Crippen LogP contribution in [0.3, 0.4) is 0 Å². The van der Waals surface area contributed by atoms with Crippen LogP contribution >= 0.6 is 0 Å². The van der Waals surface area contributed by atoms with Crippen LogP contribution in [0.25, 0.3) is 0 Å². The lowest BCUT2D eigenvalue weighted by Gasteiger charge is -2.45. The van der Waals surface area contributed by atoms with E-state index in [-0.39, 0.29) is 23.1 Å². The first-order chi connectivity index (χ1) is 16.2. The molecule has 5 atom stereocenters. The van der Waals surface area contributed by atoms with Crippen molar-refractivity contribution in [2.75, 3.05) is 6.61 Å². The van der Waals surface area contributed by atoms with Crippen LogP contribution in [0.5, 0.6) is 5.75 Å². The zero-order valence-electron chi connectivity index (χ0n) is 17.6. The Kier molecular flexibility index (Phi) is 7.44. The van der Waals surface area contributed by atoms with Crippen molar-refractivity contribution in [3.63, 3.8) is 0 Å². The largest absolute Gasteiger partial charge is 0.534 e. The van der Waals surface area contributed by atoms with Crippen molar-refractivity contribution in [3.05, 3.63) is 64.7 Å². The third-order valence-electron chi connectivity index (χ3n) is 5.41. The highest BCUT2D eigenvalue weighted by Crippen LogP contribution is 2.37. The number of rotatable bonds is 6. The van der Waals surface area contributed by atoms with Gasteiger partial charge in [-0.25, -0.2) is 0 Å². The van der Waals surface area contributed by atoms with Gasteiger partial charge in [-0.1, -0.05) is 18.2 Å². The van der Waals surface area contributed by atoms with E-state index in [2.05, 4.69) is 4.18 Å². The highest BCUT2D eigenvalue weighted by Gasteiger charge is 2.53. The van der Waals surface area contributed by atoms with E-state index in [4.69, 9.17) is 4.74 Å². The van der Waals surface area contributed by atoms with Gasteiger partial charge in [-0.3, -0.25) is 0 Å². The van der Waals surface area contributed by atoms with Crippen molar-refractivity contribution in [2.45, 2.75) is 42.1 Å². The summed E-state index contributed by atoms with van der Waals surface area (Å²) in [6.07, 6.45) is -7.03. The monoisotopic (exact) mass is 519 g/mol. The third kappa shape index (κ3) is 5.26. The summed E-state index contributed by atoms with van der Waals surface area (Å²) in [6.45, 7) is -0.783. The smallest absolute Gasteiger partial charge is 0.394 e. The summed E-state index contributed by atoms with van der Waals surface area (Å²) in [4.78, 5) is 0.